The van der Waals surface area contributed by atoms with E-state index in [4.69, 9.17) is 0 Å². The van der Waals surface area contributed by atoms with Crippen molar-refractivity contribution in [1.82, 2.24) is 0 Å². The predicted octanol–water partition coefficient (Wildman–Crippen LogP) is 3.30. The van der Waals surface area contributed by atoms with Crippen LogP contribution in [0.1, 0.15) is 29.2 Å². The van der Waals surface area contributed by atoms with Gasteiger partial charge in [0.05, 0.1) is 0 Å². The molecule has 1 nitrogen and oxygen atoms in total. The van der Waals surface area contributed by atoms with Crippen molar-refractivity contribution in [2.45, 2.75) is 34.1 Å². The number of hydrogen-bond donors (Lipinski definition) is 0. The molecule has 1 rings (SSSR count). The van der Waals surface area contributed by atoms with E-state index in [1.165, 1.54) is 16.7 Å². The molecule has 0 aliphatic heterocycles. The Morgan fingerprint density at radius 2 is 1.80 bits per heavy atom. The first-order chi connectivity index (χ1) is 6.93. The number of rotatable bonds is 3. The Morgan fingerprint density at radius 1 is 1.20 bits per heavy atom. The summed E-state index contributed by atoms with van der Waals surface area (Å²) in [5.74, 6) is 0.126. The van der Waals surface area contributed by atoms with Gasteiger partial charge in [-0.15, -0.1) is 0 Å². The molecule has 0 unspecified atom stereocenters. The molecule has 0 aromatic heterocycles. The molecule has 1 aromatic carbocycles. The molecular formula is C14H18O. The molecule has 0 N–H and O–H groups in total. The summed E-state index contributed by atoms with van der Waals surface area (Å²) >= 11 is 0. The summed E-state index contributed by atoms with van der Waals surface area (Å²) in [5.41, 5.74) is 5.53. The minimum absolute atomic E-state index is 0.126. The average molecular weight is 202 g/mol. The van der Waals surface area contributed by atoms with Crippen LogP contribution in [0, 0.1) is 20.8 Å². The number of Topliss-reactive ketones (excluding diaryl/α,β-unsaturated/α-hetero) is 1. The molecule has 0 aliphatic carbocycles. The smallest absolute Gasteiger partial charge is 0.162 e. The van der Waals surface area contributed by atoms with E-state index in [-0.39, 0.29) is 5.78 Å². The van der Waals surface area contributed by atoms with Gasteiger partial charge in [-0.1, -0.05) is 18.7 Å². The molecule has 0 aliphatic rings. The van der Waals surface area contributed by atoms with Gasteiger partial charge < -0.3 is 0 Å². The third-order valence-electron chi connectivity index (χ3n) is 3.00. The Morgan fingerprint density at radius 3 is 2.33 bits per heavy atom. The molecule has 0 fully saturated rings. The van der Waals surface area contributed by atoms with Crippen LogP contribution in [0.15, 0.2) is 24.3 Å². The Kier molecular flexibility index (Phi) is 3.46. The summed E-state index contributed by atoms with van der Waals surface area (Å²) < 4.78 is 0. The molecule has 1 heteroatoms. The van der Waals surface area contributed by atoms with Gasteiger partial charge in [0.2, 0.25) is 0 Å². The first-order valence-corrected chi connectivity index (χ1v) is 5.18. The molecular weight excluding hydrogens is 184 g/mol. The summed E-state index contributed by atoms with van der Waals surface area (Å²) in [4.78, 5) is 11.6. The molecule has 0 amide bonds. The lowest BCUT2D eigenvalue weighted by Crippen LogP contribution is -2.05. The first-order valence-electron chi connectivity index (χ1n) is 5.18. The molecule has 80 valence electrons. The average Bonchev–Trinajstić information content (AvgIpc) is 2.18. The summed E-state index contributed by atoms with van der Waals surface area (Å²) in [6, 6.07) is 4.11. The zero-order valence-corrected chi connectivity index (χ0v) is 9.98. The van der Waals surface area contributed by atoms with E-state index in [0.29, 0.717) is 12.0 Å². The minimum Gasteiger partial charge on any atom is -0.294 e. The Hall–Kier alpha value is -1.37. The predicted molar refractivity (Wildman–Crippen MR) is 64.2 cm³/mol. The maximum absolute atomic E-state index is 11.6. The summed E-state index contributed by atoms with van der Waals surface area (Å²) in [7, 11) is 0. The molecule has 0 saturated carbocycles. The Bertz CT molecular complexity index is 414. The highest BCUT2D eigenvalue weighted by molar-refractivity contribution is 5.95. The largest absolute Gasteiger partial charge is 0.294 e. The van der Waals surface area contributed by atoms with Crippen LogP contribution >= 0.6 is 0 Å². The Balaban J connectivity index is 3.02. The van der Waals surface area contributed by atoms with Crippen LogP contribution in [0.5, 0.6) is 0 Å². The van der Waals surface area contributed by atoms with Crippen molar-refractivity contribution in [3.63, 3.8) is 0 Å². The first kappa shape index (κ1) is 11.7. The normalized spacial score (nSPS) is 10.1. The van der Waals surface area contributed by atoms with Crippen LogP contribution < -0.4 is 0 Å². The maximum Gasteiger partial charge on any atom is 0.162 e. The second-order valence-corrected chi connectivity index (χ2v) is 4.17. The van der Waals surface area contributed by atoms with Gasteiger partial charge in [0.15, 0.2) is 5.78 Å². The van der Waals surface area contributed by atoms with Gasteiger partial charge in [0.25, 0.3) is 0 Å². The van der Waals surface area contributed by atoms with Gasteiger partial charge in [-0.3, -0.25) is 4.79 Å². The lowest BCUT2D eigenvalue weighted by Gasteiger charge is -2.10. The summed E-state index contributed by atoms with van der Waals surface area (Å²) in [6.45, 7) is 11.7. The van der Waals surface area contributed by atoms with Gasteiger partial charge in [0.1, 0.15) is 0 Å². The Labute approximate surface area is 91.8 Å². The van der Waals surface area contributed by atoms with Crippen molar-refractivity contribution in [1.29, 1.82) is 0 Å². The number of allylic oxidation sites excluding steroid dienone is 1. The van der Waals surface area contributed by atoms with Crippen molar-refractivity contribution in [3.05, 3.63) is 46.5 Å². The van der Waals surface area contributed by atoms with Crippen molar-refractivity contribution in [2.75, 3.05) is 0 Å². The van der Waals surface area contributed by atoms with Crippen LogP contribution in [0.3, 0.4) is 0 Å². The van der Waals surface area contributed by atoms with Gasteiger partial charge in [-0.25, -0.2) is 0 Å². The number of aryl methyl sites for hydroxylation is 1. The molecule has 0 bridgehead atoms. The third-order valence-corrected chi connectivity index (χ3v) is 3.00. The van der Waals surface area contributed by atoms with E-state index in [2.05, 4.69) is 33.4 Å². The third kappa shape index (κ3) is 2.56. The number of ketones is 1. The monoisotopic (exact) mass is 202 g/mol. The van der Waals surface area contributed by atoms with E-state index >= 15 is 0 Å². The summed E-state index contributed by atoms with van der Waals surface area (Å²) in [5, 5.41) is 0. The van der Waals surface area contributed by atoms with E-state index in [1.807, 2.05) is 6.07 Å². The topological polar surface area (TPSA) is 17.1 Å². The highest BCUT2D eigenvalue weighted by atomic mass is 16.1. The lowest BCUT2D eigenvalue weighted by atomic mass is 9.95. The highest BCUT2D eigenvalue weighted by Gasteiger charge is 2.08. The minimum atomic E-state index is 0.126. The van der Waals surface area contributed by atoms with Crippen molar-refractivity contribution in [2.24, 2.45) is 0 Å². The quantitative estimate of drug-likeness (QED) is 0.687. The number of hydrogen-bond acceptors (Lipinski definition) is 1. The number of carbonyl (C=O) groups excluding carboxylic acids is 1. The molecule has 0 heterocycles. The maximum atomic E-state index is 11.6. The second-order valence-electron chi connectivity index (χ2n) is 4.17. The molecule has 1 aromatic rings. The van der Waals surface area contributed by atoms with Crippen LogP contribution in [-0.2, 0) is 11.2 Å². The van der Waals surface area contributed by atoms with Crippen LogP contribution in [0.4, 0.5) is 0 Å². The van der Waals surface area contributed by atoms with Gasteiger partial charge in [-0.05, 0) is 55.5 Å². The zero-order chi connectivity index (χ0) is 11.6. The molecule has 0 radical (unpaired) electrons. The molecule has 0 saturated heterocycles. The zero-order valence-electron chi connectivity index (χ0n) is 9.98. The van der Waals surface area contributed by atoms with Crippen LogP contribution in [0.25, 0.3) is 0 Å². The number of carbonyl (C=O) groups is 1. The fourth-order valence-corrected chi connectivity index (χ4v) is 1.53. The van der Waals surface area contributed by atoms with Gasteiger partial charge in [0, 0.05) is 6.42 Å². The van der Waals surface area contributed by atoms with Gasteiger partial charge >= 0.3 is 0 Å². The molecule has 0 atom stereocenters. The standard InChI is InChI=1S/C14H18O/c1-9(2)14(15)8-13-7-6-10(3)11(4)12(13)5/h6-7H,1,8H2,2-5H3. The van der Waals surface area contributed by atoms with Crippen molar-refractivity contribution in [3.8, 4) is 0 Å². The van der Waals surface area contributed by atoms with Crippen LogP contribution in [0.2, 0.25) is 0 Å². The van der Waals surface area contributed by atoms with Gasteiger partial charge in [-0.2, -0.15) is 0 Å². The van der Waals surface area contributed by atoms with Crippen molar-refractivity contribution < 1.29 is 4.79 Å². The van der Waals surface area contributed by atoms with E-state index in [1.54, 1.807) is 6.92 Å². The number of benzene rings is 1. The second kappa shape index (κ2) is 4.43. The fraction of sp³-hybridized carbons (Fsp3) is 0.357. The van der Waals surface area contributed by atoms with E-state index in [9.17, 15) is 4.79 Å². The van der Waals surface area contributed by atoms with E-state index in [0.717, 1.165) is 5.56 Å². The highest BCUT2D eigenvalue weighted by Crippen LogP contribution is 2.18. The SMILES string of the molecule is C=C(C)C(=O)Cc1ccc(C)c(C)c1C. The summed E-state index contributed by atoms with van der Waals surface area (Å²) in [6.07, 6.45) is 0.474. The van der Waals surface area contributed by atoms with E-state index < -0.39 is 0 Å². The fourth-order valence-electron chi connectivity index (χ4n) is 1.53. The van der Waals surface area contributed by atoms with Crippen molar-refractivity contribution >= 4 is 5.78 Å². The lowest BCUT2D eigenvalue weighted by molar-refractivity contribution is -0.114. The van der Waals surface area contributed by atoms with Crippen LogP contribution in [-0.4, -0.2) is 5.78 Å². The molecule has 15 heavy (non-hydrogen) atoms. The molecule has 0 spiro atoms.